The molecule has 1 N–H and O–H groups in total. The Kier molecular flexibility index (Phi) is 5.66. The van der Waals surface area contributed by atoms with Gasteiger partial charge in [-0.1, -0.05) is 31.9 Å². The van der Waals surface area contributed by atoms with Crippen LogP contribution >= 0.6 is 0 Å². The highest BCUT2D eigenvalue weighted by Gasteiger charge is 2.55. The summed E-state index contributed by atoms with van der Waals surface area (Å²) in [6, 6.07) is 5.80. The summed E-state index contributed by atoms with van der Waals surface area (Å²) >= 11 is 0. The highest BCUT2D eigenvalue weighted by molar-refractivity contribution is 6.09. The van der Waals surface area contributed by atoms with E-state index in [4.69, 9.17) is 4.74 Å². The van der Waals surface area contributed by atoms with Crippen LogP contribution < -0.4 is 10.1 Å². The lowest BCUT2D eigenvalue weighted by Gasteiger charge is -2.37. The van der Waals surface area contributed by atoms with Crippen molar-refractivity contribution in [1.29, 1.82) is 0 Å². The van der Waals surface area contributed by atoms with E-state index in [-0.39, 0.29) is 36.1 Å². The molecule has 162 valence electrons. The van der Waals surface area contributed by atoms with Crippen molar-refractivity contribution < 1.29 is 23.5 Å². The van der Waals surface area contributed by atoms with E-state index in [0.717, 1.165) is 24.2 Å². The number of para-hydroxylation sites is 1. The van der Waals surface area contributed by atoms with Crippen LogP contribution in [-0.2, 0) is 9.59 Å². The molecule has 1 spiro atoms. The van der Waals surface area contributed by atoms with E-state index in [1.165, 1.54) is 6.07 Å². The lowest BCUT2D eigenvalue weighted by Crippen LogP contribution is -2.54. The van der Waals surface area contributed by atoms with E-state index in [1.54, 1.807) is 23.1 Å². The molecule has 0 aromatic heterocycles. The first-order chi connectivity index (χ1) is 14.4. The molecule has 4 rings (SSSR count). The second kappa shape index (κ2) is 8.24. The first-order valence-electron chi connectivity index (χ1n) is 10.7. The van der Waals surface area contributed by atoms with E-state index in [2.05, 4.69) is 5.32 Å². The van der Waals surface area contributed by atoms with Gasteiger partial charge in [0.15, 0.2) is 11.6 Å². The number of hydrogen-bond acceptors (Lipinski definition) is 4. The number of likely N-dealkylation sites (tertiary alicyclic amines) is 1. The second-order valence-electron chi connectivity index (χ2n) is 8.57. The van der Waals surface area contributed by atoms with Gasteiger partial charge in [0.2, 0.25) is 5.91 Å². The van der Waals surface area contributed by atoms with Gasteiger partial charge in [-0.3, -0.25) is 14.5 Å². The summed E-state index contributed by atoms with van der Waals surface area (Å²) in [6.45, 7) is 2.65. The molecule has 2 atom stereocenters. The van der Waals surface area contributed by atoms with Crippen molar-refractivity contribution in [1.82, 2.24) is 15.1 Å². The topological polar surface area (TPSA) is 79.0 Å². The quantitative estimate of drug-likeness (QED) is 0.764. The zero-order valence-corrected chi connectivity index (χ0v) is 17.2. The summed E-state index contributed by atoms with van der Waals surface area (Å²) in [6.07, 6.45) is 4.44. The molecule has 0 radical (unpaired) electrons. The zero-order chi connectivity index (χ0) is 21.3. The summed E-state index contributed by atoms with van der Waals surface area (Å²) < 4.78 is 19.5. The molecule has 1 aromatic carbocycles. The molecule has 3 fully saturated rings. The largest absolute Gasteiger partial charge is 0.487 e. The molecule has 3 aliphatic rings. The molecule has 2 heterocycles. The second-order valence-corrected chi connectivity index (χ2v) is 8.57. The Balaban J connectivity index is 1.32. The number of amides is 4. The number of imide groups is 1. The maximum absolute atomic E-state index is 13.8. The van der Waals surface area contributed by atoms with Crippen LogP contribution in [0.2, 0.25) is 0 Å². The molecule has 7 nitrogen and oxygen atoms in total. The van der Waals surface area contributed by atoms with Crippen LogP contribution in [0.5, 0.6) is 5.75 Å². The predicted molar refractivity (Wildman–Crippen MR) is 107 cm³/mol. The van der Waals surface area contributed by atoms with E-state index in [9.17, 15) is 18.8 Å². The number of piperidine rings is 1. The summed E-state index contributed by atoms with van der Waals surface area (Å²) in [5, 5.41) is 2.88. The zero-order valence-electron chi connectivity index (χ0n) is 17.2. The SMILES string of the molecule is CC1CCCCC12NC(=O)N(CC(=O)N1CCC(Oc3ccccc3F)CC1)C2=O. The Hall–Kier alpha value is -2.64. The number of ether oxygens (including phenoxy) is 1. The average Bonchev–Trinajstić information content (AvgIpc) is 2.97. The monoisotopic (exact) mass is 417 g/mol. The maximum Gasteiger partial charge on any atom is 0.325 e. The van der Waals surface area contributed by atoms with Crippen molar-refractivity contribution in [2.45, 2.75) is 57.1 Å². The van der Waals surface area contributed by atoms with Crippen LogP contribution in [0.4, 0.5) is 9.18 Å². The number of carbonyl (C=O) groups is 3. The fourth-order valence-corrected chi connectivity index (χ4v) is 4.82. The summed E-state index contributed by atoms with van der Waals surface area (Å²) in [5.41, 5.74) is -0.851. The fourth-order valence-electron chi connectivity index (χ4n) is 4.82. The minimum Gasteiger partial charge on any atom is -0.487 e. The van der Waals surface area contributed by atoms with Crippen molar-refractivity contribution in [3.63, 3.8) is 0 Å². The Morgan fingerprint density at radius 3 is 2.63 bits per heavy atom. The van der Waals surface area contributed by atoms with E-state index < -0.39 is 17.4 Å². The Morgan fingerprint density at radius 1 is 1.20 bits per heavy atom. The van der Waals surface area contributed by atoms with Crippen LogP contribution in [0, 0.1) is 11.7 Å². The summed E-state index contributed by atoms with van der Waals surface area (Å²) in [4.78, 5) is 41.0. The van der Waals surface area contributed by atoms with Gasteiger partial charge in [0.05, 0.1) is 0 Å². The molecule has 2 saturated heterocycles. The number of nitrogens with one attached hydrogen (secondary N) is 1. The maximum atomic E-state index is 13.8. The van der Waals surface area contributed by atoms with E-state index >= 15 is 0 Å². The van der Waals surface area contributed by atoms with Gasteiger partial charge in [0, 0.05) is 25.9 Å². The number of rotatable bonds is 4. The Bertz CT molecular complexity index is 839. The molecule has 1 aromatic rings. The van der Waals surface area contributed by atoms with Gasteiger partial charge in [-0.2, -0.15) is 0 Å². The predicted octanol–water partition coefficient (Wildman–Crippen LogP) is 2.70. The highest BCUT2D eigenvalue weighted by Crippen LogP contribution is 2.38. The van der Waals surface area contributed by atoms with Gasteiger partial charge in [0.25, 0.3) is 5.91 Å². The van der Waals surface area contributed by atoms with Gasteiger partial charge in [-0.25, -0.2) is 9.18 Å². The van der Waals surface area contributed by atoms with E-state index in [0.29, 0.717) is 32.4 Å². The van der Waals surface area contributed by atoms with Gasteiger partial charge >= 0.3 is 6.03 Å². The molecule has 0 bridgehead atoms. The molecule has 4 amide bonds. The lowest BCUT2D eigenvalue weighted by atomic mass is 9.73. The molecule has 1 aliphatic carbocycles. The lowest BCUT2D eigenvalue weighted by molar-refractivity contribution is -0.141. The fraction of sp³-hybridized carbons (Fsp3) is 0.591. The highest BCUT2D eigenvalue weighted by atomic mass is 19.1. The van der Waals surface area contributed by atoms with Crippen LogP contribution in [-0.4, -0.2) is 58.9 Å². The summed E-state index contributed by atoms with van der Waals surface area (Å²) in [5.74, 6) is -0.641. The summed E-state index contributed by atoms with van der Waals surface area (Å²) in [7, 11) is 0. The van der Waals surface area contributed by atoms with Crippen LogP contribution in [0.15, 0.2) is 24.3 Å². The Labute approximate surface area is 175 Å². The normalized spacial score (nSPS) is 27.5. The Morgan fingerprint density at radius 2 is 1.93 bits per heavy atom. The number of benzene rings is 1. The molecule has 2 aliphatic heterocycles. The van der Waals surface area contributed by atoms with Crippen molar-refractivity contribution in [3.05, 3.63) is 30.1 Å². The number of urea groups is 1. The first-order valence-corrected chi connectivity index (χ1v) is 10.7. The van der Waals surface area contributed by atoms with Crippen LogP contribution in [0.1, 0.15) is 45.4 Å². The van der Waals surface area contributed by atoms with Gasteiger partial charge in [-0.05, 0) is 30.9 Å². The van der Waals surface area contributed by atoms with Crippen molar-refractivity contribution in [2.24, 2.45) is 5.92 Å². The van der Waals surface area contributed by atoms with Crippen molar-refractivity contribution >= 4 is 17.8 Å². The molecule has 8 heteroatoms. The molecular formula is C22H28FN3O4. The van der Waals surface area contributed by atoms with Gasteiger partial charge in [0.1, 0.15) is 18.2 Å². The molecule has 2 unspecified atom stereocenters. The molecule has 30 heavy (non-hydrogen) atoms. The number of halogens is 1. The van der Waals surface area contributed by atoms with E-state index in [1.807, 2.05) is 6.92 Å². The van der Waals surface area contributed by atoms with Crippen LogP contribution in [0.25, 0.3) is 0 Å². The smallest absolute Gasteiger partial charge is 0.325 e. The molecular weight excluding hydrogens is 389 g/mol. The third kappa shape index (κ3) is 3.75. The first kappa shape index (κ1) is 20.6. The average molecular weight is 417 g/mol. The van der Waals surface area contributed by atoms with Gasteiger partial charge in [-0.15, -0.1) is 0 Å². The third-order valence-corrected chi connectivity index (χ3v) is 6.72. The van der Waals surface area contributed by atoms with Crippen molar-refractivity contribution in [2.75, 3.05) is 19.6 Å². The van der Waals surface area contributed by atoms with Crippen LogP contribution in [0.3, 0.4) is 0 Å². The number of carbonyl (C=O) groups excluding carboxylic acids is 3. The number of hydrogen-bond donors (Lipinski definition) is 1. The minimum atomic E-state index is -0.851. The van der Waals surface area contributed by atoms with Gasteiger partial charge < -0.3 is 15.0 Å². The number of nitrogens with zero attached hydrogens (tertiary/aromatic N) is 2. The van der Waals surface area contributed by atoms with Crippen molar-refractivity contribution in [3.8, 4) is 5.75 Å². The third-order valence-electron chi connectivity index (χ3n) is 6.72. The minimum absolute atomic E-state index is 0.0640. The standard InChI is InChI=1S/C22H28FN3O4/c1-15-6-4-5-11-22(15)20(28)26(21(29)24-22)14-19(27)25-12-9-16(10-13-25)30-18-8-3-2-7-17(18)23/h2-3,7-8,15-16H,4-6,9-14H2,1H3,(H,24,29). The molecule has 1 saturated carbocycles.